The van der Waals surface area contributed by atoms with E-state index in [4.69, 9.17) is 23.2 Å². The summed E-state index contributed by atoms with van der Waals surface area (Å²) in [4.78, 5) is 13.3. The van der Waals surface area contributed by atoms with Crippen LogP contribution in [0.2, 0.25) is 10.0 Å². The van der Waals surface area contributed by atoms with Crippen molar-refractivity contribution in [3.63, 3.8) is 0 Å². The Labute approximate surface area is 113 Å². The van der Waals surface area contributed by atoms with Crippen LogP contribution in [-0.2, 0) is 6.54 Å². The largest absolute Gasteiger partial charge is 0.288 e. The third-order valence-electron chi connectivity index (χ3n) is 2.13. The topological polar surface area (TPSA) is 72.7 Å². The lowest BCUT2D eigenvalue weighted by atomic mass is 10.2. The Morgan fingerprint density at radius 2 is 2.22 bits per heavy atom. The van der Waals surface area contributed by atoms with Gasteiger partial charge < -0.3 is 0 Å². The van der Waals surface area contributed by atoms with Crippen LogP contribution in [0, 0.1) is 0 Å². The third kappa shape index (κ3) is 2.77. The Balaban J connectivity index is 2.19. The van der Waals surface area contributed by atoms with Crippen molar-refractivity contribution in [2.45, 2.75) is 13.5 Å². The van der Waals surface area contributed by atoms with Crippen LogP contribution in [0.4, 0.5) is 5.95 Å². The normalized spacial score (nSPS) is 10.4. The van der Waals surface area contributed by atoms with Gasteiger partial charge in [0.2, 0.25) is 0 Å². The van der Waals surface area contributed by atoms with Crippen LogP contribution in [-0.4, -0.2) is 26.1 Å². The van der Waals surface area contributed by atoms with E-state index in [1.54, 1.807) is 12.1 Å². The van der Waals surface area contributed by atoms with Gasteiger partial charge >= 0.3 is 0 Å². The van der Waals surface area contributed by atoms with E-state index in [-0.39, 0.29) is 11.5 Å². The summed E-state index contributed by atoms with van der Waals surface area (Å²) in [6.45, 7) is 2.43. The highest BCUT2D eigenvalue weighted by Gasteiger charge is 2.13. The zero-order chi connectivity index (χ0) is 13.1. The van der Waals surface area contributed by atoms with Gasteiger partial charge in [0.15, 0.2) is 0 Å². The molecule has 1 aromatic heterocycles. The number of tetrazole rings is 1. The molecule has 0 radical (unpaired) electrons. The maximum Gasteiger partial charge on any atom is 0.270 e. The summed E-state index contributed by atoms with van der Waals surface area (Å²) >= 11 is 11.7. The molecule has 1 N–H and O–H groups in total. The molecule has 2 aromatic rings. The van der Waals surface area contributed by atoms with Crippen LogP contribution in [0.3, 0.4) is 0 Å². The number of hydrogen-bond acceptors (Lipinski definition) is 4. The molecule has 8 heteroatoms. The number of hydrogen-bond donors (Lipinski definition) is 1. The van der Waals surface area contributed by atoms with E-state index in [1.165, 1.54) is 10.9 Å². The maximum absolute atomic E-state index is 11.9. The number of nitrogens with one attached hydrogen (secondary N) is 1. The first-order chi connectivity index (χ1) is 8.60. The van der Waals surface area contributed by atoms with Crippen LogP contribution in [0.1, 0.15) is 17.3 Å². The SMILES string of the molecule is CCn1nnc(NC(=O)c2cc(Cl)ccc2Cl)n1. The fourth-order valence-electron chi connectivity index (χ4n) is 1.27. The van der Waals surface area contributed by atoms with Gasteiger partial charge in [0.25, 0.3) is 11.9 Å². The van der Waals surface area contributed by atoms with Gasteiger partial charge in [-0.1, -0.05) is 28.3 Å². The molecule has 94 valence electrons. The molecule has 0 bridgehead atoms. The fraction of sp³-hybridized carbons (Fsp3) is 0.200. The minimum Gasteiger partial charge on any atom is -0.288 e. The van der Waals surface area contributed by atoms with Gasteiger partial charge in [-0.3, -0.25) is 10.1 Å². The lowest BCUT2D eigenvalue weighted by Gasteiger charge is -2.03. The number of aromatic nitrogens is 4. The van der Waals surface area contributed by atoms with Gasteiger partial charge in [-0.05, 0) is 30.3 Å². The zero-order valence-corrected chi connectivity index (χ0v) is 10.9. The first-order valence-electron chi connectivity index (χ1n) is 5.14. The van der Waals surface area contributed by atoms with E-state index in [0.717, 1.165) is 0 Å². The number of carbonyl (C=O) groups is 1. The number of benzene rings is 1. The van der Waals surface area contributed by atoms with Crippen molar-refractivity contribution in [3.05, 3.63) is 33.8 Å². The highest BCUT2D eigenvalue weighted by Crippen LogP contribution is 2.21. The summed E-state index contributed by atoms with van der Waals surface area (Å²) in [7, 11) is 0. The standard InChI is InChI=1S/C10H9Cl2N5O/c1-2-17-15-10(14-16-17)13-9(18)7-5-6(11)3-4-8(7)12/h3-5H,2H2,1H3,(H,13,15,18). The van der Waals surface area contributed by atoms with Gasteiger partial charge in [-0.25, -0.2) is 0 Å². The van der Waals surface area contributed by atoms with Crippen molar-refractivity contribution in [1.82, 2.24) is 20.2 Å². The van der Waals surface area contributed by atoms with Crippen molar-refractivity contribution in [1.29, 1.82) is 0 Å². The molecule has 1 amide bonds. The Kier molecular flexibility index (Phi) is 3.78. The molecule has 1 heterocycles. The Hall–Kier alpha value is -1.66. The lowest BCUT2D eigenvalue weighted by molar-refractivity contribution is 0.102. The van der Waals surface area contributed by atoms with Crippen LogP contribution in [0.15, 0.2) is 18.2 Å². The monoisotopic (exact) mass is 285 g/mol. The molecular formula is C10H9Cl2N5O. The molecule has 0 saturated heterocycles. The van der Waals surface area contributed by atoms with E-state index < -0.39 is 5.91 Å². The summed E-state index contributed by atoms with van der Waals surface area (Å²) in [5, 5.41) is 14.6. The number of amides is 1. The zero-order valence-electron chi connectivity index (χ0n) is 9.39. The second-order valence-electron chi connectivity index (χ2n) is 3.38. The number of rotatable bonds is 3. The predicted octanol–water partition coefficient (Wildman–Crippen LogP) is 2.25. The fourth-order valence-corrected chi connectivity index (χ4v) is 1.64. The molecule has 0 atom stereocenters. The molecule has 0 fully saturated rings. The molecule has 0 spiro atoms. The summed E-state index contributed by atoms with van der Waals surface area (Å²) in [6, 6.07) is 4.63. The lowest BCUT2D eigenvalue weighted by Crippen LogP contribution is -2.14. The van der Waals surface area contributed by atoms with Crippen molar-refractivity contribution in [3.8, 4) is 0 Å². The van der Waals surface area contributed by atoms with Gasteiger partial charge in [-0.2, -0.15) is 4.80 Å². The van der Waals surface area contributed by atoms with Gasteiger partial charge in [-0.15, -0.1) is 5.10 Å². The Morgan fingerprint density at radius 1 is 1.44 bits per heavy atom. The average Bonchev–Trinajstić information content (AvgIpc) is 2.80. The van der Waals surface area contributed by atoms with Crippen molar-refractivity contribution >= 4 is 35.1 Å². The van der Waals surface area contributed by atoms with E-state index in [1.807, 2.05) is 6.92 Å². The highest BCUT2D eigenvalue weighted by molar-refractivity contribution is 6.36. The van der Waals surface area contributed by atoms with E-state index in [9.17, 15) is 4.79 Å². The van der Waals surface area contributed by atoms with Crippen molar-refractivity contribution < 1.29 is 4.79 Å². The molecule has 1 aromatic carbocycles. The number of halogens is 2. The molecule has 0 saturated carbocycles. The molecular weight excluding hydrogens is 277 g/mol. The Morgan fingerprint density at radius 3 is 2.89 bits per heavy atom. The average molecular weight is 286 g/mol. The second kappa shape index (κ2) is 5.32. The van der Waals surface area contributed by atoms with Crippen LogP contribution in [0.25, 0.3) is 0 Å². The summed E-state index contributed by atoms with van der Waals surface area (Å²) in [6.07, 6.45) is 0. The number of aryl methyl sites for hydroxylation is 1. The van der Waals surface area contributed by atoms with E-state index >= 15 is 0 Å². The molecule has 6 nitrogen and oxygen atoms in total. The van der Waals surface area contributed by atoms with Gasteiger partial charge in [0.1, 0.15) is 0 Å². The van der Waals surface area contributed by atoms with Crippen LogP contribution in [0.5, 0.6) is 0 Å². The van der Waals surface area contributed by atoms with Crippen LogP contribution >= 0.6 is 23.2 Å². The smallest absolute Gasteiger partial charge is 0.270 e. The van der Waals surface area contributed by atoms with E-state index in [2.05, 4.69) is 20.7 Å². The van der Waals surface area contributed by atoms with Crippen molar-refractivity contribution in [2.24, 2.45) is 0 Å². The summed E-state index contributed by atoms with van der Waals surface area (Å²) in [5.41, 5.74) is 0.261. The minimum absolute atomic E-state index is 0.123. The highest BCUT2D eigenvalue weighted by atomic mass is 35.5. The molecule has 2 rings (SSSR count). The van der Waals surface area contributed by atoms with E-state index in [0.29, 0.717) is 16.6 Å². The molecule has 18 heavy (non-hydrogen) atoms. The molecule has 0 aliphatic heterocycles. The molecule has 0 aliphatic rings. The first-order valence-corrected chi connectivity index (χ1v) is 5.90. The Bertz CT molecular complexity index is 583. The number of anilines is 1. The number of carbonyl (C=O) groups excluding carboxylic acids is 1. The molecule has 0 unspecified atom stereocenters. The number of nitrogens with zero attached hydrogens (tertiary/aromatic N) is 4. The predicted molar refractivity (Wildman–Crippen MR) is 67.9 cm³/mol. The summed E-state index contributed by atoms with van der Waals surface area (Å²) < 4.78 is 0. The second-order valence-corrected chi connectivity index (χ2v) is 4.22. The first kappa shape index (κ1) is 12.8. The maximum atomic E-state index is 11.9. The van der Waals surface area contributed by atoms with Gasteiger partial charge in [0.05, 0.1) is 17.1 Å². The molecule has 0 aliphatic carbocycles. The van der Waals surface area contributed by atoms with Gasteiger partial charge in [0, 0.05) is 5.02 Å². The van der Waals surface area contributed by atoms with Crippen LogP contribution < -0.4 is 5.32 Å². The third-order valence-corrected chi connectivity index (χ3v) is 2.70. The van der Waals surface area contributed by atoms with Crippen molar-refractivity contribution in [2.75, 3.05) is 5.32 Å². The quantitative estimate of drug-likeness (QED) is 0.939. The summed E-state index contributed by atoms with van der Waals surface area (Å²) in [5.74, 6) is -0.309. The minimum atomic E-state index is -0.432.